The van der Waals surface area contributed by atoms with Gasteiger partial charge in [0.1, 0.15) is 5.75 Å². The Labute approximate surface area is 96.7 Å². The molecule has 0 saturated carbocycles. The zero-order valence-corrected chi connectivity index (χ0v) is 10.3. The fourth-order valence-corrected chi connectivity index (χ4v) is 1.48. The summed E-state index contributed by atoms with van der Waals surface area (Å²) in [5.41, 5.74) is 0.359. The van der Waals surface area contributed by atoms with E-state index in [1.54, 1.807) is 30.1 Å². The maximum atomic E-state index is 12.1. The number of aromatic hydroxyl groups is 1. The molecule has 0 heterocycles. The van der Waals surface area contributed by atoms with E-state index >= 15 is 0 Å². The quantitative estimate of drug-likeness (QED) is 0.852. The van der Waals surface area contributed by atoms with Gasteiger partial charge in [-0.2, -0.15) is 0 Å². The molecule has 0 radical (unpaired) electrons. The number of para-hydroxylation sites is 1. The Bertz CT molecular complexity index is 374. The minimum absolute atomic E-state index is 0.0373. The largest absolute Gasteiger partial charge is 0.507 e. The molecule has 3 heteroatoms. The van der Waals surface area contributed by atoms with Crippen molar-refractivity contribution in [2.45, 2.75) is 26.8 Å². The summed E-state index contributed by atoms with van der Waals surface area (Å²) in [5.74, 6) is 0.286. The number of hydrogen-bond donors (Lipinski definition) is 1. The van der Waals surface area contributed by atoms with Crippen molar-refractivity contribution in [1.29, 1.82) is 0 Å². The molecular formula is C13H19NO2. The number of nitrogens with zero attached hydrogens (tertiary/aromatic N) is 1. The molecule has 0 aliphatic rings. The molecule has 1 N–H and O–H groups in total. The average molecular weight is 221 g/mol. The van der Waals surface area contributed by atoms with Crippen LogP contribution in [-0.4, -0.2) is 29.0 Å². The zero-order chi connectivity index (χ0) is 12.3. The van der Waals surface area contributed by atoms with E-state index in [0.29, 0.717) is 11.5 Å². The smallest absolute Gasteiger partial charge is 0.257 e. The number of carbonyl (C=O) groups is 1. The lowest BCUT2D eigenvalue weighted by atomic mass is 10.0. The molecule has 0 saturated heterocycles. The van der Waals surface area contributed by atoms with E-state index in [4.69, 9.17) is 0 Å². The Morgan fingerprint density at radius 1 is 1.25 bits per heavy atom. The van der Waals surface area contributed by atoms with E-state index in [2.05, 4.69) is 13.8 Å². The van der Waals surface area contributed by atoms with Crippen LogP contribution in [0.3, 0.4) is 0 Å². The maximum Gasteiger partial charge on any atom is 0.257 e. The Hall–Kier alpha value is -1.51. The molecule has 88 valence electrons. The number of benzene rings is 1. The van der Waals surface area contributed by atoms with Gasteiger partial charge in [-0.15, -0.1) is 0 Å². The average Bonchev–Trinajstić information content (AvgIpc) is 2.26. The van der Waals surface area contributed by atoms with Crippen molar-refractivity contribution in [1.82, 2.24) is 4.90 Å². The Balaban J connectivity index is 2.91. The summed E-state index contributed by atoms with van der Waals surface area (Å²) in [6.45, 7) is 6.14. The van der Waals surface area contributed by atoms with E-state index in [-0.39, 0.29) is 17.7 Å². The maximum absolute atomic E-state index is 12.1. The van der Waals surface area contributed by atoms with Crippen molar-refractivity contribution in [3.05, 3.63) is 29.8 Å². The Kier molecular flexibility index (Phi) is 3.93. The molecule has 1 atom stereocenters. The van der Waals surface area contributed by atoms with Crippen LogP contribution in [0.2, 0.25) is 0 Å². The van der Waals surface area contributed by atoms with Gasteiger partial charge in [-0.1, -0.05) is 26.0 Å². The number of phenolic OH excluding ortho intramolecular Hbond substituents is 1. The number of carbonyl (C=O) groups excluding carboxylic acids is 1. The van der Waals surface area contributed by atoms with Crippen molar-refractivity contribution in [2.24, 2.45) is 5.92 Å². The van der Waals surface area contributed by atoms with E-state index in [1.807, 2.05) is 6.92 Å². The molecule has 3 nitrogen and oxygen atoms in total. The molecule has 0 aliphatic heterocycles. The summed E-state index contributed by atoms with van der Waals surface area (Å²) >= 11 is 0. The van der Waals surface area contributed by atoms with Crippen molar-refractivity contribution in [3.8, 4) is 5.75 Å². The third-order valence-electron chi connectivity index (χ3n) is 3.03. The van der Waals surface area contributed by atoms with Gasteiger partial charge in [0.15, 0.2) is 0 Å². The molecule has 0 bridgehead atoms. The lowest BCUT2D eigenvalue weighted by Gasteiger charge is -2.28. The first-order valence-electron chi connectivity index (χ1n) is 5.50. The minimum atomic E-state index is -0.140. The SMILES string of the molecule is CC(C)C(C)N(C)C(=O)c1ccccc1O. The third kappa shape index (κ3) is 2.54. The first kappa shape index (κ1) is 12.6. The van der Waals surface area contributed by atoms with Gasteiger partial charge in [0, 0.05) is 13.1 Å². The van der Waals surface area contributed by atoms with Gasteiger partial charge in [-0.05, 0) is 25.0 Å². The molecule has 1 rings (SSSR count). The molecule has 1 amide bonds. The standard InChI is InChI=1S/C13H19NO2/c1-9(2)10(3)14(4)13(16)11-7-5-6-8-12(11)15/h5-10,15H,1-4H3. The number of rotatable bonds is 3. The normalized spacial score (nSPS) is 12.6. The third-order valence-corrected chi connectivity index (χ3v) is 3.03. The Morgan fingerprint density at radius 3 is 2.31 bits per heavy atom. The van der Waals surface area contributed by atoms with Gasteiger partial charge in [-0.3, -0.25) is 4.79 Å². The van der Waals surface area contributed by atoms with E-state index < -0.39 is 0 Å². The molecule has 0 spiro atoms. The second kappa shape index (κ2) is 5.01. The highest BCUT2D eigenvalue weighted by Crippen LogP contribution is 2.19. The zero-order valence-electron chi connectivity index (χ0n) is 10.3. The molecule has 0 aromatic heterocycles. The van der Waals surface area contributed by atoms with Gasteiger partial charge in [-0.25, -0.2) is 0 Å². The lowest BCUT2D eigenvalue weighted by Crippen LogP contribution is -2.38. The van der Waals surface area contributed by atoms with Crippen LogP contribution >= 0.6 is 0 Å². The highest BCUT2D eigenvalue weighted by molar-refractivity contribution is 5.96. The minimum Gasteiger partial charge on any atom is -0.507 e. The summed E-state index contributed by atoms with van der Waals surface area (Å²) < 4.78 is 0. The van der Waals surface area contributed by atoms with Crippen LogP contribution < -0.4 is 0 Å². The predicted molar refractivity (Wildman–Crippen MR) is 64.5 cm³/mol. The van der Waals surface area contributed by atoms with E-state index in [1.165, 1.54) is 6.07 Å². The monoisotopic (exact) mass is 221 g/mol. The molecule has 0 fully saturated rings. The first-order chi connectivity index (χ1) is 7.45. The highest BCUT2D eigenvalue weighted by Gasteiger charge is 2.21. The summed E-state index contributed by atoms with van der Waals surface area (Å²) in [6, 6.07) is 6.77. The summed E-state index contributed by atoms with van der Waals surface area (Å²) in [6.07, 6.45) is 0. The lowest BCUT2D eigenvalue weighted by molar-refractivity contribution is 0.0704. The fourth-order valence-electron chi connectivity index (χ4n) is 1.48. The summed E-state index contributed by atoms with van der Waals surface area (Å²) in [7, 11) is 1.76. The molecule has 1 aromatic rings. The molecule has 1 aromatic carbocycles. The van der Waals surface area contributed by atoms with Crippen LogP contribution in [0.5, 0.6) is 5.75 Å². The summed E-state index contributed by atoms with van der Waals surface area (Å²) in [5, 5.41) is 9.60. The summed E-state index contributed by atoms with van der Waals surface area (Å²) in [4.78, 5) is 13.7. The number of amides is 1. The van der Waals surface area contributed by atoms with Crippen LogP contribution in [0, 0.1) is 5.92 Å². The van der Waals surface area contributed by atoms with Crippen LogP contribution in [0.15, 0.2) is 24.3 Å². The van der Waals surface area contributed by atoms with Gasteiger partial charge in [0.2, 0.25) is 0 Å². The van der Waals surface area contributed by atoms with Crippen molar-refractivity contribution < 1.29 is 9.90 Å². The van der Waals surface area contributed by atoms with Gasteiger partial charge < -0.3 is 10.0 Å². The molecule has 1 unspecified atom stereocenters. The first-order valence-corrected chi connectivity index (χ1v) is 5.50. The van der Waals surface area contributed by atoms with Gasteiger partial charge in [0.25, 0.3) is 5.91 Å². The van der Waals surface area contributed by atoms with Crippen molar-refractivity contribution >= 4 is 5.91 Å². The van der Waals surface area contributed by atoms with Gasteiger partial charge >= 0.3 is 0 Å². The molecule has 0 aliphatic carbocycles. The molecular weight excluding hydrogens is 202 g/mol. The van der Waals surface area contributed by atoms with Crippen LogP contribution in [0.4, 0.5) is 0 Å². The molecule has 16 heavy (non-hydrogen) atoms. The second-order valence-electron chi connectivity index (χ2n) is 4.42. The van der Waals surface area contributed by atoms with Crippen LogP contribution in [-0.2, 0) is 0 Å². The predicted octanol–water partition coefficient (Wildman–Crippen LogP) is 2.51. The Morgan fingerprint density at radius 2 is 1.81 bits per heavy atom. The van der Waals surface area contributed by atoms with E-state index in [9.17, 15) is 9.90 Å². The number of hydrogen-bond acceptors (Lipinski definition) is 2. The highest BCUT2D eigenvalue weighted by atomic mass is 16.3. The van der Waals surface area contributed by atoms with Crippen LogP contribution in [0.1, 0.15) is 31.1 Å². The second-order valence-corrected chi connectivity index (χ2v) is 4.42. The number of phenols is 1. The van der Waals surface area contributed by atoms with Crippen LogP contribution in [0.25, 0.3) is 0 Å². The van der Waals surface area contributed by atoms with Crippen molar-refractivity contribution in [3.63, 3.8) is 0 Å². The van der Waals surface area contributed by atoms with E-state index in [0.717, 1.165) is 0 Å². The topological polar surface area (TPSA) is 40.5 Å². The van der Waals surface area contributed by atoms with Gasteiger partial charge in [0.05, 0.1) is 5.56 Å². The van der Waals surface area contributed by atoms with Crippen molar-refractivity contribution in [2.75, 3.05) is 7.05 Å². The fraction of sp³-hybridized carbons (Fsp3) is 0.462.